The largest absolute Gasteiger partial charge is 0.496 e. The van der Waals surface area contributed by atoms with Crippen molar-refractivity contribution in [3.63, 3.8) is 0 Å². The number of hydrogen-bond acceptors (Lipinski definition) is 4. The molecule has 1 aromatic carbocycles. The average molecular weight is 386 g/mol. The monoisotopic (exact) mass is 385 g/mol. The van der Waals surface area contributed by atoms with E-state index in [1.165, 1.54) is 17.3 Å². The first kappa shape index (κ1) is 17.3. The Labute approximate surface area is 143 Å². The molecule has 2 rings (SSSR count). The van der Waals surface area contributed by atoms with Crippen LogP contribution in [0, 0.1) is 5.92 Å². The molecule has 0 aromatic heterocycles. The van der Waals surface area contributed by atoms with Gasteiger partial charge in [-0.05, 0) is 46.0 Å². The molecule has 0 spiro atoms. The molecular weight excluding hydrogens is 366 g/mol. The van der Waals surface area contributed by atoms with Gasteiger partial charge >= 0.3 is 0 Å². The van der Waals surface area contributed by atoms with Gasteiger partial charge in [0, 0.05) is 32.2 Å². The molecule has 1 heterocycles. The van der Waals surface area contributed by atoms with Crippen LogP contribution in [0.25, 0.3) is 0 Å². The van der Waals surface area contributed by atoms with Crippen molar-refractivity contribution in [3.05, 3.63) is 28.2 Å². The van der Waals surface area contributed by atoms with Crippen LogP contribution in [0.4, 0.5) is 0 Å². The van der Waals surface area contributed by atoms with Crippen molar-refractivity contribution in [3.8, 4) is 5.75 Å². The summed E-state index contributed by atoms with van der Waals surface area (Å²) < 4.78 is 6.14. The molecule has 22 heavy (non-hydrogen) atoms. The van der Waals surface area contributed by atoms with Crippen molar-refractivity contribution in [1.82, 2.24) is 4.90 Å². The van der Waals surface area contributed by atoms with Crippen LogP contribution in [0.5, 0.6) is 5.75 Å². The summed E-state index contributed by atoms with van der Waals surface area (Å²) in [6.07, 6.45) is 1.38. The van der Waals surface area contributed by atoms with Gasteiger partial charge in [-0.15, -0.1) is 0 Å². The average Bonchev–Trinajstić information content (AvgIpc) is 2.83. The number of amides is 1. The van der Waals surface area contributed by atoms with E-state index in [1.54, 1.807) is 14.0 Å². The maximum Gasteiger partial charge on any atom is 0.222 e. The summed E-state index contributed by atoms with van der Waals surface area (Å²) in [5.74, 6) is 2.04. The number of carbonyl (C=O) groups is 2. The second-order valence-electron chi connectivity index (χ2n) is 5.43. The Bertz CT molecular complexity index is 564. The number of carbonyl (C=O) groups excluding carboxylic acids is 2. The van der Waals surface area contributed by atoms with E-state index in [2.05, 4.69) is 15.9 Å². The molecule has 1 atom stereocenters. The van der Waals surface area contributed by atoms with Crippen LogP contribution >= 0.6 is 27.7 Å². The number of nitrogens with zero attached hydrogens (tertiary/aromatic N) is 1. The van der Waals surface area contributed by atoms with Gasteiger partial charge < -0.3 is 9.64 Å². The highest BCUT2D eigenvalue weighted by atomic mass is 79.9. The number of methoxy groups -OCH3 is 1. The quantitative estimate of drug-likeness (QED) is 0.754. The van der Waals surface area contributed by atoms with Crippen molar-refractivity contribution in [2.24, 2.45) is 5.92 Å². The highest BCUT2D eigenvalue weighted by molar-refractivity contribution is 9.10. The molecule has 0 saturated carbocycles. The van der Waals surface area contributed by atoms with Crippen LogP contribution in [-0.4, -0.2) is 41.9 Å². The Morgan fingerprint density at radius 2 is 2.27 bits per heavy atom. The normalized spacial score (nSPS) is 17.9. The fourth-order valence-corrected chi connectivity index (χ4v) is 3.83. The lowest BCUT2D eigenvalue weighted by Gasteiger charge is -2.17. The first-order chi connectivity index (χ1) is 10.5. The molecule has 1 aromatic rings. The van der Waals surface area contributed by atoms with Crippen molar-refractivity contribution in [2.45, 2.75) is 19.8 Å². The maximum atomic E-state index is 12.0. The number of halogens is 1. The summed E-state index contributed by atoms with van der Waals surface area (Å²) in [4.78, 5) is 24.9. The van der Waals surface area contributed by atoms with E-state index in [-0.39, 0.29) is 11.0 Å². The number of ether oxygens (including phenoxy) is 1. The lowest BCUT2D eigenvalue weighted by molar-refractivity contribution is -0.127. The zero-order valence-corrected chi connectivity index (χ0v) is 15.2. The fourth-order valence-electron chi connectivity index (χ4n) is 2.55. The summed E-state index contributed by atoms with van der Waals surface area (Å²) in [5, 5.41) is 0.119. The standard InChI is InChI=1S/C16H20BrNO3S/c1-11(19)22-10-13-8-16(20)18(9-13)6-5-12-3-4-15(21-2)14(17)7-12/h3-4,7,13H,5-6,8-10H2,1-2H3. The zero-order chi connectivity index (χ0) is 16.1. The number of likely N-dealkylation sites (tertiary alicyclic amines) is 1. The van der Waals surface area contributed by atoms with Crippen LogP contribution in [0.3, 0.4) is 0 Å². The molecule has 1 saturated heterocycles. The Hall–Kier alpha value is -1.01. The van der Waals surface area contributed by atoms with Gasteiger partial charge in [0.15, 0.2) is 5.12 Å². The van der Waals surface area contributed by atoms with Gasteiger partial charge in [-0.1, -0.05) is 17.8 Å². The molecule has 1 unspecified atom stereocenters. The van der Waals surface area contributed by atoms with E-state index in [1.807, 2.05) is 23.1 Å². The molecule has 1 aliphatic heterocycles. The van der Waals surface area contributed by atoms with Gasteiger partial charge in [-0.2, -0.15) is 0 Å². The van der Waals surface area contributed by atoms with Gasteiger partial charge in [0.25, 0.3) is 0 Å². The smallest absolute Gasteiger partial charge is 0.222 e. The van der Waals surface area contributed by atoms with Crippen LogP contribution in [0.2, 0.25) is 0 Å². The van der Waals surface area contributed by atoms with E-state index in [0.29, 0.717) is 12.3 Å². The third kappa shape index (κ3) is 4.74. The molecule has 4 nitrogen and oxygen atoms in total. The van der Waals surface area contributed by atoms with Gasteiger partial charge in [0.05, 0.1) is 11.6 Å². The van der Waals surface area contributed by atoms with Crippen LogP contribution in [0.1, 0.15) is 18.9 Å². The lowest BCUT2D eigenvalue weighted by Crippen LogP contribution is -2.27. The molecule has 1 aliphatic rings. The molecule has 0 bridgehead atoms. The van der Waals surface area contributed by atoms with Gasteiger partial charge in [-0.3, -0.25) is 9.59 Å². The molecule has 1 amide bonds. The minimum atomic E-state index is 0.119. The predicted molar refractivity (Wildman–Crippen MR) is 92.2 cm³/mol. The predicted octanol–water partition coefficient (Wildman–Crippen LogP) is 3.13. The van der Waals surface area contributed by atoms with Crippen LogP contribution < -0.4 is 4.74 Å². The number of thioether (sulfide) groups is 1. The minimum absolute atomic E-state index is 0.119. The zero-order valence-electron chi connectivity index (χ0n) is 12.8. The number of hydrogen-bond donors (Lipinski definition) is 0. The first-order valence-corrected chi connectivity index (χ1v) is 9.01. The summed E-state index contributed by atoms with van der Waals surface area (Å²) in [6.45, 7) is 3.05. The van der Waals surface area contributed by atoms with Crippen LogP contribution in [-0.2, 0) is 16.0 Å². The Balaban J connectivity index is 1.85. The Morgan fingerprint density at radius 3 is 2.91 bits per heavy atom. The van der Waals surface area contributed by atoms with E-state index in [4.69, 9.17) is 4.74 Å². The molecule has 0 radical (unpaired) electrons. The van der Waals surface area contributed by atoms with Crippen molar-refractivity contribution < 1.29 is 14.3 Å². The van der Waals surface area contributed by atoms with Gasteiger partial charge in [-0.25, -0.2) is 0 Å². The van der Waals surface area contributed by atoms with Crippen molar-refractivity contribution in [1.29, 1.82) is 0 Å². The minimum Gasteiger partial charge on any atom is -0.496 e. The third-order valence-electron chi connectivity index (χ3n) is 3.70. The second kappa shape index (κ2) is 8.02. The number of rotatable bonds is 6. The van der Waals surface area contributed by atoms with Crippen molar-refractivity contribution in [2.75, 3.05) is 26.0 Å². The first-order valence-electron chi connectivity index (χ1n) is 7.23. The summed E-state index contributed by atoms with van der Waals surface area (Å²) in [5.41, 5.74) is 1.17. The lowest BCUT2D eigenvalue weighted by atomic mass is 10.1. The van der Waals surface area contributed by atoms with Crippen molar-refractivity contribution >= 4 is 38.7 Å². The Kier molecular flexibility index (Phi) is 6.32. The Morgan fingerprint density at radius 1 is 1.50 bits per heavy atom. The topological polar surface area (TPSA) is 46.6 Å². The molecule has 1 fully saturated rings. The van der Waals surface area contributed by atoms with Gasteiger partial charge in [0.2, 0.25) is 5.91 Å². The van der Waals surface area contributed by atoms with E-state index >= 15 is 0 Å². The molecule has 0 N–H and O–H groups in total. The summed E-state index contributed by atoms with van der Waals surface area (Å²) in [7, 11) is 1.64. The number of benzene rings is 1. The highest BCUT2D eigenvalue weighted by Crippen LogP contribution is 2.26. The summed E-state index contributed by atoms with van der Waals surface area (Å²) >= 11 is 4.79. The second-order valence-corrected chi connectivity index (χ2v) is 7.48. The third-order valence-corrected chi connectivity index (χ3v) is 5.37. The van der Waals surface area contributed by atoms with E-state index < -0.39 is 0 Å². The summed E-state index contributed by atoms with van der Waals surface area (Å²) in [6, 6.07) is 5.98. The molecule has 6 heteroatoms. The van der Waals surface area contributed by atoms with E-state index in [0.717, 1.165) is 35.5 Å². The maximum absolute atomic E-state index is 12.0. The SMILES string of the molecule is COc1ccc(CCN2CC(CSC(C)=O)CC2=O)cc1Br. The van der Waals surface area contributed by atoms with E-state index in [9.17, 15) is 9.59 Å². The highest BCUT2D eigenvalue weighted by Gasteiger charge is 2.29. The molecule has 0 aliphatic carbocycles. The molecule has 120 valence electrons. The molecular formula is C16H20BrNO3S. The van der Waals surface area contributed by atoms with Crippen LogP contribution in [0.15, 0.2) is 22.7 Å². The van der Waals surface area contributed by atoms with Gasteiger partial charge in [0.1, 0.15) is 5.75 Å². The fraction of sp³-hybridized carbons (Fsp3) is 0.500.